The molecular weight excluding hydrogens is 350 g/mol. The fraction of sp³-hybridized carbons (Fsp3) is 0.0667. The van der Waals surface area contributed by atoms with Gasteiger partial charge in [0.2, 0.25) is 0 Å². The van der Waals surface area contributed by atoms with Crippen LogP contribution < -0.4 is 16.0 Å². The van der Waals surface area contributed by atoms with E-state index in [0.717, 1.165) is 0 Å². The van der Waals surface area contributed by atoms with Crippen molar-refractivity contribution < 1.29 is 14.0 Å². The first kappa shape index (κ1) is 15.8. The SMILES string of the molecule is C=CCNC(=O)Nc1ccc(NC(=O)c2ccc(Br)o2)cc1. The van der Waals surface area contributed by atoms with Crippen LogP contribution in [0.1, 0.15) is 10.6 Å². The molecule has 114 valence electrons. The summed E-state index contributed by atoms with van der Waals surface area (Å²) in [4.78, 5) is 23.4. The minimum Gasteiger partial charge on any atom is -0.444 e. The number of amides is 3. The zero-order valence-electron chi connectivity index (χ0n) is 11.6. The molecule has 0 bridgehead atoms. The summed E-state index contributed by atoms with van der Waals surface area (Å²) in [5.41, 5.74) is 1.20. The molecule has 1 aromatic heterocycles. The van der Waals surface area contributed by atoms with Crippen LogP contribution in [-0.2, 0) is 0 Å². The van der Waals surface area contributed by atoms with Crippen LogP contribution in [-0.4, -0.2) is 18.5 Å². The number of hydrogen-bond acceptors (Lipinski definition) is 3. The highest BCUT2D eigenvalue weighted by molar-refractivity contribution is 9.10. The number of urea groups is 1. The van der Waals surface area contributed by atoms with E-state index in [1.54, 1.807) is 42.5 Å². The van der Waals surface area contributed by atoms with E-state index in [1.807, 2.05) is 0 Å². The molecule has 0 unspecified atom stereocenters. The number of carbonyl (C=O) groups is 2. The predicted molar refractivity (Wildman–Crippen MR) is 88.0 cm³/mol. The standard InChI is InChI=1S/C15H14BrN3O3/c1-2-9-17-15(21)19-11-5-3-10(4-6-11)18-14(20)12-7-8-13(16)22-12/h2-8H,1,9H2,(H,18,20)(H2,17,19,21). The highest BCUT2D eigenvalue weighted by atomic mass is 79.9. The Labute approximate surface area is 135 Å². The maximum atomic E-state index is 11.9. The van der Waals surface area contributed by atoms with Crippen LogP contribution in [0.15, 0.2) is 58.1 Å². The van der Waals surface area contributed by atoms with E-state index in [0.29, 0.717) is 22.6 Å². The molecule has 0 aliphatic carbocycles. The van der Waals surface area contributed by atoms with Gasteiger partial charge in [-0.05, 0) is 52.3 Å². The molecule has 0 atom stereocenters. The lowest BCUT2D eigenvalue weighted by Gasteiger charge is -2.07. The monoisotopic (exact) mass is 363 g/mol. The number of benzene rings is 1. The third-order valence-electron chi connectivity index (χ3n) is 2.60. The zero-order valence-corrected chi connectivity index (χ0v) is 13.1. The van der Waals surface area contributed by atoms with Gasteiger partial charge in [0.25, 0.3) is 5.91 Å². The van der Waals surface area contributed by atoms with Crippen molar-refractivity contribution in [3.05, 3.63) is 59.5 Å². The molecule has 1 heterocycles. The van der Waals surface area contributed by atoms with Crippen LogP contribution in [0.3, 0.4) is 0 Å². The largest absolute Gasteiger partial charge is 0.444 e. The average molecular weight is 364 g/mol. The summed E-state index contributed by atoms with van der Waals surface area (Å²) >= 11 is 3.14. The highest BCUT2D eigenvalue weighted by Gasteiger charge is 2.10. The molecule has 0 aliphatic rings. The first-order chi connectivity index (χ1) is 10.6. The molecule has 2 rings (SSSR count). The van der Waals surface area contributed by atoms with Crippen LogP contribution in [0, 0.1) is 0 Å². The van der Waals surface area contributed by atoms with Crippen molar-refractivity contribution in [3.63, 3.8) is 0 Å². The summed E-state index contributed by atoms with van der Waals surface area (Å²) < 4.78 is 5.65. The van der Waals surface area contributed by atoms with E-state index in [-0.39, 0.29) is 17.7 Å². The highest BCUT2D eigenvalue weighted by Crippen LogP contribution is 2.17. The number of hydrogen-bond donors (Lipinski definition) is 3. The molecule has 0 aliphatic heterocycles. The van der Waals surface area contributed by atoms with Gasteiger partial charge in [-0.15, -0.1) is 6.58 Å². The lowest BCUT2D eigenvalue weighted by atomic mass is 10.2. The first-order valence-corrected chi connectivity index (χ1v) is 7.20. The van der Waals surface area contributed by atoms with Crippen molar-refractivity contribution >= 4 is 39.2 Å². The Bertz CT molecular complexity index is 680. The first-order valence-electron chi connectivity index (χ1n) is 6.41. The second kappa shape index (κ2) is 7.46. The number of rotatable bonds is 5. The minimum absolute atomic E-state index is 0.206. The normalized spacial score (nSPS) is 9.86. The van der Waals surface area contributed by atoms with Crippen molar-refractivity contribution in [1.29, 1.82) is 0 Å². The summed E-state index contributed by atoms with van der Waals surface area (Å²) in [6.07, 6.45) is 1.59. The van der Waals surface area contributed by atoms with Crippen molar-refractivity contribution in [2.24, 2.45) is 0 Å². The summed E-state index contributed by atoms with van der Waals surface area (Å²) in [7, 11) is 0. The van der Waals surface area contributed by atoms with Crippen LogP contribution in [0.5, 0.6) is 0 Å². The Balaban J connectivity index is 1.93. The molecule has 0 saturated heterocycles. The molecule has 22 heavy (non-hydrogen) atoms. The minimum atomic E-state index is -0.352. The Morgan fingerprint density at radius 2 is 1.73 bits per heavy atom. The molecule has 0 spiro atoms. The lowest BCUT2D eigenvalue weighted by Crippen LogP contribution is -2.28. The molecule has 1 aromatic carbocycles. The van der Waals surface area contributed by atoms with Crippen molar-refractivity contribution in [2.45, 2.75) is 0 Å². The molecule has 2 aromatic rings. The second-order valence-corrected chi connectivity index (χ2v) is 5.04. The fourth-order valence-electron chi connectivity index (χ4n) is 1.61. The topological polar surface area (TPSA) is 83.4 Å². The van der Waals surface area contributed by atoms with Crippen LogP contribution in [0.25, 0.3) is 0 Å². The van der Waals surface area contributed by atoms with Gasteiger partial charge in [0.1, 0.15) is 0 Å². The van der Waals surface area contributed by atoms with Gasteiger partial charge in [-0.25, -0.2) is 4.79 Å². The van der Waals surface area contributed by atoms with Gasteiger partial charge in [0.05, 0.1) is 0 Å². The molecule has 0 saturated carbocycles. The molecule has 0 radical (unpaired) electrons. The van der Waals surface area contributed by atoms with E-state index in [4.69, 9.17) is 4.42 Å². The maximum Gasteiger partial charge on any atom is 0.319 e. The molecular formula is C15H14BrN3O3. The van der Waals surface area contributed by atoms with Gasteiger partial charge >= 0.3 is 6.03 Å². The summed E-state index contributed by atoms with van der Waals surface area (Å²) in [6, 6.07) is 9.61. The van der Waals surface area contributed by atoms with E-state index in [2.05, 4.69) is 38.5 Å². The van der Waals surface area contributed by atoms with Gasteiger partial charge in [-0.1, -0.05) is 6.08 Å². The number of nitrogens with one attached hydrogen (secondary N) is 3. The molecule has 0 fully saturated rings. The number of furan rings is 1. The quantitative estimate of drug-likeness (QED) is 0.709. The van der Waals surface area contributed by atoms with Crippen LogP contribution in [0.4, 0.5) is 16.2 Å². The second-order valence-electron chi connectivity index (χ2n) is 4.26. The van der Waals surface area contributed by atoms with Crippen molar-refractivity contribution in [2.75, 3.05) is 17.2 Å². The zero-order chi connectivity index (χ0) is 15.9. The number of carbonyl (C=O) groups excluding carboxylic acids is 2. The molecule has 3 N–H and O–H groups in total. The van der Waals surface area contributed by atoms with Crippen molar-refractivity contribution in [3.8, 4) is 0 Å². The Kier molecular flexibility index (Phi) is 5.37. The summed E-state index contributed by atoms with van der Waals surface area (Å²) in [5, 5.41) is 7.95. The van der Waals surface area contributed by atoms with Crippen LogP contribution >= 0.6 is 15.9 Å². The van der Waals surface area contributed by atoms with E-state index in [1.165, 1.54) is 0 Å². The molecule has 6 nitrogen and oxygen atoms in total. The van der Waals surface area contributed by atoms with Gasteiger partial charge in [-0.2, -0.15) is 0 Å². The van der Waals surface area contributed by atoms with Gasteiger partial charge in [-0.3, -0.25) is 4.79 Å². The predicted octanol–water partition coefficient (Wildman–Crippen LogP) is 3.60. The van der Waals surface area contributed by atoms with E-state index < -0.39 is 0 Å². The Morgan fingerprint density at radius 1 is 1.09 bits per heavy atom. The Hall–Kier alpha value is -2.54. The average Bonchev–Trinajstić information content (AvgIpc) is 2.94. The van der Waals surface area contributed by atoms with Gasteiger partial charge in [0.15, 0.2) is 10.4 Å². The lowest BCUT2D eigenvalue weighted by molar-refractivity contribution is 0.0995. The smallest absolute Gasteiger partial charge is 0.319 e. The van der Waals surface area contributed by atoms with Crippen molar-refractivity contribution in [1.82, 2.24) is 5.32 Å². The third kappa shape index (κ3) is 4.49. The van der Waals surface area contributed by atoms with Gasteiger partial charge in [0, 0.05) is 17.9 Å². The molecule has 3 amide bonds. The molecule has 7 heteroatoms. The summed E-state index contributed by atoms with van der Waals surface area (Å²) in [5.74, 6) is -0.145. The van der Waals surface area contributed by atoms with Crippen LogP contribution in [0.2, 0.25) is 0 Å². The Morgan fingerprint density at radius 3 is 2.27 bits per heavy atom. The maximum absolute atomic E-state index is 11.9. The fourth-order valence-corrected chi connectivity index (χ4v) is 1.91. The third-order valence-corrected chi connectivity index (χ3v) is 3.03. The van der Waals surface area contributed by atoms with Gasteiger partial charge < -0.3 is 20.4 Å². The van der Waals surface area contributed by atoms with E-state index in [9.17, 15) is 9.59 Å². The van der Waals surface area contributed by atoms with E-state index >= 15 is 0 Å². The number of halogens is 1. The number of anilines is 2. The summed E-state index contributed by atoms with van der Waals surface area (Å²) in [6.45, 7) is 3.90.